The molecule has 0 radical (unpaired) electrons. The van der Waals surface area contributed by atoms with Crippen LogP contribution in [0.2, 0.25) is 0 Å². The number of nitrogens with two attached hydrogens (primary N) is 1. The normalized spacial score (nSPS) is 23.0. The number of hydrogen-bond acceptors (Lipinski definition) is 5. The summed E-state index contributed by atoms with van der Waals surface area (Å²) in [4.78, 5) is 25.0. The van der Waals surface area contributed by atoms with Gasteiger partial charge in [-0.05, 0) is 49.7 Å². The Labute approximate surface area is 164 Å². The van der Waals surface area contributed by atoms with E-state index in [0.29, 0.717) is 24.4 Å². The second-order valence-electron chi connectivity index (χ2n) is 7.76. The topological polar surface area (TPSA) is 107 Å². The summed E-state index contributed by atoms with van der Waals surface area (Å²) >= 11 is 0. The quantitative estimate of drug-likeness (QED) is 0.707. The maximum atomic E-state index is 12.8. The van der Waals surface area contributed by atoms with Crippen molar-refractivity contribution < 1.29 is 18.7 Å². The molecule has 1 aromatic heterocycles. The molecule has 1 saturated carbocycles. The predicted molar refractivity (Wildman–Crippen MR) is 107 cm³/mol. The van der Waals surface area contributed by atoms with Gasteiger partial charge in [-0.25, -0.2) is 0 Å². The maximum absolute atomic E-state index is 12.8. The molecular formula is C21H27N3O4. The lowest BCUT2D eigenvalue weighted by molar-refractivity contribution is -0.166. The minimum atomic E-state index is -0.993. The highest BCUT2D eigenvalue weighted by Crippen LogP contribution is 2.50. The molecule has 2 amide bonds. The van der Waals surface area contributed by atoms with Crippen molar-refractivity contribution in [3.8, 4) is 0 Å². The van der Waals surface area contributed by atoms with Crippen molar-refractivity contribution in [1.82, 2.24) is 0 Å². The molecule has 4 N–H and O–H groups in total. The average Bonchev–Trinajstić information content (AvgIpc) is 3.18. The molecule has 2 atom stereocenters. The molecule has 0 spiro atoms. The van der Waals surface area contributed by atoms with Crippen LogP contribution in [0.3, 0.4) is 0 Å². The Kier molecular flexibility index (Phi) is 5.32. The van der Waals surface area contributed by atoms with Crippen molar-refractivity contribution in [1.29, 1.82) is 0 Å². The number of rotatable bonds is 6. The molecule has 2 unspecified atom stereocenters. The molecule has 150 valence electrons. The van der Waals surface area contributed by atoms with Gasteiger partial charge in [0.15, 0.2) is 5.76 Å². The van der Waals surface area contributed by atoms with E-state index < -0.39 is 11.0 Å². The van der Waals surface area contributed by atoms with E-state index in [1.54, 1.807) is 30.3 Å². The third-order valence-corrected chi connectivity index (χ3v) is 5.71. The summed E-state index contributed by atoms with van der Waals surface area (Å²) in [6.07, 6.45) is 1.89. The molecule has 1 heterocycles. The number of amides is 2. The van der Waals surface area contributed by atoms with Crippen LogP contribution < -0.4 is 16.4 Å². The summed E-state index contributed by atoms with van der Waals surface area (Å²) < 4.78 is 10.8. The lowest BCUT2D eigenvalue weighted by Gasteiger charge is -2.57. The Morgan fingerprint density at radius 2 is 2.04 bits per heavy atom. The third kappa shape index (κ3) is 3.43. The van der Waals surface area contributed by atoms with Crippen LogP contribution in [0.5, 0.6) is 0 Å². The van der Waals surface area contributed by atoms with Gasteiger partial charge in [0.1, 0.15) is 5.54 Å². The molecular weight excluding hydrogens is 358 g/mol. The molecule has 2 aromatic rings. The van der Waals surface area contributed by atoms with Gasteiger partial charge in [-0.15, -0.1) is 0 Å². The van der Waals surface area contributed by atoms with Gasteiger partial charge in [0, 0.05) is 29.8 Å². The molecule has 1 aliphatic rings. The van der Waals surface area contributed by atoms with Crippen LogP contribution in [-0.4, -0.2) is 30.1 Å². The van der Waals surface area contributed by atoms with Crippen LogP contribution in [-0.2, 0) is 9.53 Å². The van der Waals surface area contributed by atoms with Crippen LogP contribution >= 0.6 is 0 Å². The Bertz CT molecular complexity index is 876. The van der Waals surface area contributed by atoms with Crippen LogP contribution in [0.25, 0.3) is 0 Å². The number of hydrogen-bond donors (Lipinski definition) is 3. The number of carbonyl (C=O) groups excluding carboxylic acids is 2. The third-order valence-electron chi connectivity index (χ3n) is 5.71. The highest BCUT2D eigenvalue weighted by atomic mass is 16.5. The summed E-state index contributed by atoms with van der Waals surface area (Å²) in [5.74, 6) is -0.331. The number of benzene rings is 1. The number of carbonyl (C=O) groups is 2. The second kappa shape index (κ2) is 7.41. The largest absolute Gasteiger partial charge is 0.459 e. The second-order valence-corrected chi connectivity index (χ2v) is 7.76. The Balaban J connectivity index is 1.68. The fraction of sp³-hybridized carbons (Fsp3) is 0.429. The summed E-state index contributed by atoms with van der Waals surface area (Å²) in [5.41, 5.74) is 7.04. The number of ether oxygens (including phenoxy) is 1. The van der Waals surface area contributed by atoms with E-state index in [4.69, 9.17) is 14.9 Å². The standard InChI is InChI=1S/C21H27N3O4/c1-5-27-17-12-21(22,20(17,3)4)19(26)23-14-8-9-15(13(2)11-14)24-18(25)16-7-6-10-28-16/h6-11,17H,5,12,22H2,1-4H3,(H,23,26)(H,24,25). The Morgan fingerprint density at radius 3 is 2.61 bits per heavy atom. The molecule has 1 fully saturated rings. The van der Waals surface area contributed by atoms with Crippen LogP contribution in [0.1, 0.15) is 43.3 Å². The molecule has 28 heavy (non-hydrogen) atoms. The van der Waals surface area contributed by atoms with E-state index in [-0.39, 0.29) is 23.7 Å². The summed E-state index contributed by atoms with van der Waals surface area (Å²) in [7, 11) is 0. The fourth-order valence-corrected chi connectivity index (χ4v) is 3.54. The van der Waals surface area contributed by atoms with Crippen molar-refractivity contribution in [2.45, 2.75) is 45.8 Å². The van der Waals surface area contributed by atoms with Gasteiger partial charge in [-0.2, -0.15) is 0 Å². The molecule has 7 nitrogen and oxygen atoms in total. The van der Waals surface area contributed by atoms with E-state index in [9.17, 15) is 9.59 Å². The highest BCUT2D eigenvalue weighted by Gasteiger charge is 2.62. The Hall–Kier alpha value is -2.64. The van der Waals surface area contributed by atoms with Crippen molar-refractivity contribution >= 4 is 23.2 Å². The average molecular weight is 385 g/mol. The first kappa shape index (κ1) is 20.1. The zero-order chi connectivity index (χ0) is 20.5. The van der Waals surface area contributed by atoms with E-state index in [1.807, 2.05) is 27.7 Å². The van der Waals surface area contributed by atoms with Crippen molar-refractivity contribution in [3.63, 3.8) is 0 Å². The molecule has 1 aliphatic carbocycles. The molecule has 0 saturated heterocycles. The minimum Gasteiger partial charge on any atom is -0.459 e. The van der Waals surface area contributed by atoms with Crippen molar-refractivity contribution in [2.75, 3.05) is 17.2 Å². The Morgan fingerprint density at radius 1 is 1.29 bits per heavy atom. The van der Waals surface area contributed by atoms with Gasteiger partial charge < -0.3 is 25.5 Å². The van der Waals surface area contributed by atoms with E-state index in [0.717, 1.165) is 5.56 Å². The van der Waals surface area contributed by atoms with E-state index in [1.165, 1.54) is 6.26 Å². The summed E-state index contributed by atoms with van der Waals surface area (Å²) in [5, 5.41) is 5.69. The SMILES string of the molecule is CCOC1CC(N)(C(=O)Nc2ccc(NC(=O)c3ccco3)c(C)c2)C1(C)C. The predicted octanol–water partition coefficient (Wildman–Crippen LogP) is 3.31. The van der Waals surface area contributed by atoms with Crippen molar-refractivity contribution in [3.05, 3.63) is 47.9 Å². The minimum absolute atomic E-state index is 0.0332. The monoisotopic (exact) mass is 385 g/mol. The highest BCUT2D eigenvalue weighted by molar-refractivity contribution is 6.03. The number of nitrogens with one attached hydrogen (secondary N) is 2. The lowest BCUT2D eigenvalue weighted by atomic mass is 9.54. The van der Waals surface area contributed by atoms with Crippen LogP contribution in [0.15, 0.2) is 41.0 Å². The van der Waals surface area contributed by atoms with Gasteiger partial charge in [0.05, 0.1) is 12.4 Å². The van der Waals surface area contributed by atoms with Gasteiger partial charge >= 0.3 is 0 Å². The molecule has 0 bridgehead atoms. The lowest BCUT2D eigenvalue weighted by Crippen LogP contribution is -2.74. The first-order valence-electron chi connectivity index (χ1n) is 9.36. The van der Waals surface area contributed by atoms with Crippen molar-refractivity contribution in [2.24, 2.45) is 11.1 Å². The van der Waals surface area contributed by atoms with Gasteiger partial charge in [-0.1, -0.05) is 13.8 Å². The van der Waals surface area contributed by atoms with Crippen LogP contribution in [0, 0.1) is 12.3 Å². The zero-order valence-corrected chi connectivity index (χ0v) is 16.7. The maximum Gasteiger partial charge on any atom is 0.291 e. The van der Waals surface area contributed by atoms with E-state index in [2.05, 4.69) is 10.6 Å². The van der Waals surface area contributed by atoms with Crippen LogP contribution in [0.4, 0.5) is 11.4 Å². The molecule has 0 aliphatic heterocycles. The first-order chi connectivity index (χ1) is 13.2. The van der Waals surface area contributed by atoms with E-state index >= 15 is 0 Å². The smallest absolute Gasteiger partial charge is 0.291 e. The summed E-state index contributed by atoms with van der Waals surface area (Å²) in [6.45, 7) is 8.28. The fourth-order valence-electron chi connectivity index (χ4n) is 3.54. The molecule has 3 rings (SSSR count). The number of aryl methyl sites for hydroxylation is 1. The first-order valence-corrected chi connectivity index (χ1v) is 9.36. The van der Waals surface area contributed by atoms with Gasteiger partial charge in [-0.3, -0.25) is 9.59 Å². The molecule has 1 aromatic carbocycles. The number of furan rings is 1. The summed E-state index contributed by atoms with van der Waals surface area (Å²) in [6, 6.07) is 8.52. The zero-order valence-electron chi connectivity index (χ0n) is 16.7. The number of anilines is 2. The van der Waals surface area contributed by atoms with Gasteiger partial charge in [0.25, 0.3) is 5.91 Å². The van der Waals surface area contributed by atoms with Gasteiger partial charge in [0.2, 0.25) is 5.91 Å². The molecule has 7 heteroatoms.